The van der Waals surface area contributed by atoms with Crippen molar-refractivity contribution >= 4 is 5.91 Å². The molecule has 1 saturated carbocycles. The van der Waals surface area contributed by atoms with Crippen molar-refractivity contribution in [2.75, 3.05) is 0 Å². The number of rotatable bonds is 6. The van der Waals surface area contributed by atoms with Gasteiger partial charge < -0.3 is 14.6 Å². The molecule has 1 aromatic heterocycles. The maximum atomic E-state index is 13.2. The fraction of sp³-hybridized carbons (Fsp3) is 0.400. The maximum Gasteiger partial charge on any atom is 0.250 e. The zero-order chi connectivity index (χ0) is 19.2. The van der Waals surface area contributed by atoms with Gasteiger partial charge in [-0.3, -0.25) is 9.59 Å². The monoisotopic (exact) mass is 376 g/mol. The van der Waals surface area contributed by atoms with E-state index in [-0.39, 0.29) is 35.8 Å². The molecule has 1 fully saturated rings. The number of aromatic nitrogens is 1. The Labute approximate surface area is 156 Å². The molecule has 1 aliphatic carbocycles. The quantitative estimate of drug-likeness (QED) is 0.843. The first kappa shape index (κ1) is 19.1. The van der Waals surface area contributed by atoms with Gasteiger partial charge in [-0.25, -0.2) is 8.78 Å². The van der Waals surface area contributed by atoms with E-state index in [1.807, 2.05) is 0 Å². The largest absolute Gasteiger partial charge is 0.490 e. The predicted octanol–water partition coefficient (Wildman–Crippen LogP) is 3.02. The highest BCUT2D eigenvalue weighted by atomic mass is 19.1. The third-order valence-corrected chi connectivity index (χ3v) is 4.66. The first-order valence-electron chi connectivity index (χ1n) is 9.07. The van der Waals surface area contributed by atoms with Crippen LogP contribution in [0.3, 0.4) is 0 Å². The number of nitrogens with one attached hydrogen (secondary N) is 1. The van der Waals surface area contributed by atoms with Gasteiger partial charge in [-0.1, -0.05) is 6.07 Å². The van der Waals surface area contributed by atoms with Crippen LogP contribution in [-0.4, -0.2) is 22.6 Å². The molecule has 144 valence electrons. The summed E-state index contributed by atoms with van der Waals surface area (Å²) < 4.78 is 33.6. The Morgan fingerprint density at radius 3 is 2.48 bits per heavy atom. The molecule has 7 heteroatoms. The van der Waals surface area contributed by atoms with E-state index in [1.165, 1.54) is 22.8 Å². The summed E-state index contributed by atoms with van der Waals surface area (Å²) >= 11 is 0. The van der Waals surface area contributed by atoms with Crippen molar-refractivity contribution in [3.63, 3.8) is 0 Å². The highest BCUT2D eigenvalue weighted by Gasteiger charge is 2.23. The standard InChI is InChI=1S/C20H22F2N2O3/c21-14-11-15(22)13-18(12-14)27-17-6-4-16(5-7-17)23-19(25)8-10-24-9-2-1-3-20(24)26/h1-3,9,11-13,16-17H,4-8,10H2,(H,23,25). The van der Waals surface area contributed by atoms with Gasteiger partial charge in [-0.2, -0.15) is 0 Å². The van der Waals surface area contributed by atoms with Crippen molar-refractivity contribution in [1.29, 1.82) is 0 Å². The number of hydrogen-bond donors (Lipinski definition) is 1. The van der Waals surface area contributed by atoms with Gasteiger partial charge in [0.25, 0.3) is 5.56 Å². The highest BCUT2D eigenvalue weighted by molar-refractivity contribution is 5.76. The number of hydrogen-bond acceptors (Lipinski definition) is 3. The van der Waals surface area contributed by atoms with E-state index in [0.717, 1.165) is 18.9 Å². The van der Waals surface area contributed by atoms with Crippen LogP contribution in [0.4, 0.5) is 8.78 Å². The number of carbonyl (C=O) groups excluding carboxylic acids is 1. The lowest BCUT2D eigenvalue weighted by Gasteiger charge is -2.29. The van der Waals surface area contributed by atoms with E-state index in [2.05, 4.69) is 5.32 Å². The number of aryl methyl sites for hydroxylation is 1. The van der Waals surface area contributed by atoms with Crippen LogP contribution in [0, 0.1) is 11.6 Å². The lowest BCUT2D eigenvalue weighted by atomic mass is 9.93. The number of nitrogens with zero attached hydrogens (tertiary/aromatic N) is 1. The molecule has 0 spiro atoms. The Bertz CT molecular complexity index is 825. The number of amides is 1. The van der Waals surface area contributed by atoms with Crippen molar-refractivity contribution in [2.24, 2.45) is 0 Å². The SMILES string of the molecule is O=C(CCn1ccccc1=O)NC1CCC(Oc2cc(F)cc(F)c2)CC1. The average molecular weight is 376 g/mol. The van der Waals surface area contributed by atoms with E-state index < -0.39 is 11.6 Å². The Morgan fingerprint density at radius 1 is 1.11 bits per heavy atom. The highest BCUT2D eigenvalue weighted by Crippen LogP contribution is 2.25. The molecule has 1 amide bonds. The first-order chi connectivity index (χ1) is 13.0. The van der Waals surface area contributed by atoms with E-state index in [0.29, 0.717) is 19.4 Å². The minimum atomic E-state index is -0.663. The molecule has 2 aromatic rings. The molecule has 0 radical (unpaired) electrons. The van der Waals surface area contributed by atoms with Crippen LogP contribution < -0.4 is 15.6 Å². The third-order valence-electron chi connectivity index (χ3n) is 4.66. The summed E-state index contributed by atoms with van der Waals surface area (Å²) in [5, 5.41) is 2.98. The van der Waals surface area contributed by atoms with Crippen LogP contribution in [0.1, 0.15) is 32.1 Å². The number of benzene rings is 1. The fourth-order valence-corrected chi connectivity index (χ4v) is 3.28. The summed E-state index contributed by atoms with van der Waals surface area (Å²) in [5.74, 6) is -1.23. The molecule has 1 aromatic carbocycles. The zero-order valence-electron chi connectivity index (χ0n) is 14.9. The van der Waals surface area contributed by atoms with Gasteiger partial charge in [-0.15, -0.1) is 0 Å². The van der Waals surface area contributed by atoms with Gasteiger partial charge in [0, 0.05) is 49.5 Å². The zero-order valence-corrected chi connectivity index (χ0v) is 14.9. The molecular weight excluding hydrogens is 354 g/mol. The van der Waals surface area contributed by atoms with Gasteiger partial charge in [0.1, 0.15) is 17.4 Å². The molecule has 3 rings (SSSR count). The number of pyridine rings is 1. The van der Waals surface area contributed by atoms with Gasteiger partial charge >= 0.3 is 0 Å². The van der Waals surface area contributed by atoms with Crippen LogP contribution >= 0.6 is 0 Å². The second kappa shape index (κ2) is 8.79. The van der Waals surface area contributed by atoms with Gasteiger partial charge in [-0.05, 0) is 31.7 Å². The number of halogens is 2. The Hall–Kier alpha value is -2.70. The Balaban J connectivity index is 1.42. The van der Waals surface area contributed by atoms with Crippen LogP contribution in [0.2, 0.25) is 0 Å². The van der Waals surface area contributed by atoms with Gasteiger partial charge in [0.15, 0.2) is 0 Å². The summed E-state index contributed by atoms with van der Waals surface area (Å²) in [4.78, 5) is 23.7. The van der Waals surface area contributed by atoms with Crippen molar-refractivity contribution in [3.8, 4) is 5.75 Å². The van der Waals surface area contributed by atoms with Crippen molar-refractivity contribution in [2.45, 2.75) is 50.8 Å². The van der Waals surface area contributed by atoms with E-state index in [4.69, 9.17) is 4.74 Å². The Kier molecular flexibility index (Phi) is 6.21. The van der Waals surface area contributed by atoms with Crippen molar-refractivity contribution in [1.82, 2.24) is 9.88 Å². The van der Waals surface area contributed by atoms with E-state index >= 15 is 0 Å². The summed E-state index contributed by atoms with van der Waals surface area (Å²) in [6.45, 7) is 0.342. The van der Waals surface area contributed by atoms with Crippen molar-refractivity contribution < 1.29 is 18.3 Å². The summed E-state index contributed by atoms with van der Waals surface area (Å²) in [6.07, 6.45) is 4.64. The molecular formula is C20H22F2N2O3. The normalized spacial score (nSPS) is 19.5. The molecule has 0 saturated heterocycles. The smallest absolute Gasteiger partial charge is 0.250 e. The molecule has 0 bridgehead atoms. The number of ether oxygens (including phenoxy) is 1. The molecule has 1 heterocycles. The third kappa shape index (κ3) is 5.64. The van der Waals surface area contributed by atoms with E-state index in [1.54, 1.807) is 18.3 Å². The number of carbonyl (C=O) groups is 1. The minimum Gasteiger partial charge on any atom is -0.490 e. The van der Waals surface area contributed by atoms with Crippen LogP contribution in [0.25, 0.3) is 0 Å². The van der Waals surface area contributed by atoms with Crippen LogP contribution in [0.15, 0.2) is 47.4 Å². The molecule has 27 heavy (non-hydrogen) atoms. The molecule has 0 unspecified atom stereocenters. The second-order valence-electron chi connectivity index (χ2n) is 6.75. The summed E-state index contributed by atoms with van der Waals surface area (Å²) in [6, 6.07) is 8.08. The topological polar surface area (TPSA) is 60.3 Å². The Morgan fingerprint density at radius 2 is 1.81 bits per heavy atom. The minimum absolute atomic E-state index is 0.0501. The van der Waals surface area contributed by atoms with E-state index in [9.17, 15) is 18.4 Å². The predicted molar refractivity (Wildman–Crippen MR) is 96.5 cm³/mol. The average Bonchev–Trinajstić information content (AvgIpc) is 2.62. The summed E-state index contributed by atoms with van der Waals surface area (Å²) in [5.41, 5.74) is -0.128. The lowest BCUT2D eigenvalue weighted by Crippen LogP contribution is -2.40. The first-order valence-corrected chi connectivity index (χ1v) is 9.07. The molecule has 0 atom stereocenters. The van der Waals surface area contributed by atoms with Crippen molar-refractivity contribution in [3.05, 3.63) is 64.6 Å². The summed E-state index contributed by atoms with van der Waals surface area (Å²) in [7, 11) is 0. The van der Waals surface area contributed by atoms with Gasteiger partial charge in [0.05, 0.1) is 6.10 Å². The molecule has 1 aliphatic rings. The van der Waals surface area contributed by atoms with Crippen LogP contribution in [-0.2, 0) is 11.3 Å². The molecule has 0 aliphatic heterocycles. The lowest BCUT2D eigenvalue weighted by molar-refractivity contribution is -0.122. The molecule has 5 nitrogen and oxygen atoms in total. The molecule has 1 N–H and O–H groups in total. The van der Waals surface area contributed by atoms with Crippen LogP contribution in [0.5, 0.6) is 5.75 Å². The van der Waals surface area contributed by atoms with Gasteiger partial charge in [0.2, 0.25) is 5.91 Å². The fourth-order valence-electron chi connectivity index (χ4n) is 3.28. The maximum absolute atomic E-state index is 13.2. The second-order valence-corrected chi connectivity index (χ2v) is 6.75.